The highest BCUT2D eigenvalue weighted by molar-refractivity contribution is 5.78. The predicted octanol–water partition coefficient (Wildman–Crippen LogP) is -2.41. The number of amides is 2. The van der Waals surface area contributed by atoms with Gasteiger partial charge in [0.25, 0.3) is 0 Å². The molecule has 0 aliphatic heterocycles. The molecule has 1 radical (unpaired) electrons. The highest BCUT2D eigenvalue weighted by Gasteiger charge is 2.13. The first-order valence-corrected chi connectivity index (χ1v) is 9.15. The number of carboxylic acid groups (broad SMARTS) is 1. The average molecular weight is 420 g/mol. The van der Waals surface area contributed by atoms with Crippen LogP contribution in [0.5, 0.6) is 0 Å². The molecular formula is C17H30N3O9. The number of hydrogen-bond donors (Lipinski definition) is 4. The number of carbonyl (C=O) groups is 3. The summed E-state index contributed by atoms with van der Waals surface area (Å²) in [6, 6.07) is -1.05. The third-order valence-electron chi connectivity index (χ3n) is 3.27. The maximum absolute atomic E-state index is 11.5. The molecule has 12 nitrogen and oxygen atoms in total. The van der Waals surface area contributed by atoms with Crippen molar-refractivity contribution >= 4 is 24.1 Å². The van der Waals surface area contributed by atoms with Crippen molar-refractivity contribution in [1.82, 2.24) is 10.6 Å². The fourth-order valence-corrected chi connectivity index (χ4v) is 1.79. The largest absolute Gasteiger partial charge is 0.480 e. The number of ether oxygens (including phenoxy) is 4. The van der Waals surface area contributed by atoms with E-state index < -0.39 is 12.0 Å². The van der Waals surface area contributed by atoms with Gasteiger partial charge < -0.3 is 40.4 Å². The number of carbonyl (C=O) groups excluding carboxylic acids is 3. The molecule has 12 heteroatoms. The van der Waals surface area contributed by atoms with Crippen LogP contribution in [0.3, 0.4) is 0 Å². The van der Waals surface area contributed by atoms with Gasteiger partial charge in [0.1, 0.15) is 19.3 Å². The van der Waals surface area contributed by atoms with E-state index in [1.165, 1.54) is 0 Å². The summed E-state index contributed by atoms with van der Waals surface area (Å²) in [6.07, 6.45) is 1.69. The van der Waals surface area contributed by atoms with Gasteiger partial charge in [-0.05, 0) is 6.42 Å². The van der Waals surface area contributed by atoms with Crippen LogP contribution in [0.2, 0.25) is 0 Å². The van der Waals surface area contributed by atoms with E-state index in [0.717, 1.165) is 0 Å². The minimum Gasteiger partial charge on any atom is -0.480 e. The van der Waals surface area contributed by atoms with E-state index in [-0.39, 0.29) is 70.8 Å². The van der Waals surface area contributed by atoms with Gasteiger partial charge in [0.15, 0.2) is 0 Å². The van der Waals surface area contributed by atoms with Crippen LogP contribution >= 0.6 is 0 Å². The standard InChI is InChI=1S/C17H30N3O9/c18-14(17(24)25)1-2-15(22)19-3-6-27-11-12-29-13-16(23)20-4-7-26-9-10-28-8-5-21/h14H,1-4,6-13,18H2,(H,19,22)(H,20,23)(H,24,25)/t14-/m0/s1. The Morgan fingerprint density at radius 3 is 2.00 bits per heavy atom. The van der Waals surface area contributed by atoms with Gasteiger partial charge in [0, 0.05) is 19.5 Å². The van der Waals surface area contributed by atoms with Gasteiger partial charge in [-0.1, -0.05) is 0 Å². The Hall–Kier alpha value is -2.12. The van der Waals surface area contributed by atoms with Crippen molar-refractivity contribution < 1.29 is 43.2 Å². The van der Waals surface area contributed by atoms with Crippen molar-refractivity contribution in [3.05, 3.63) is 0 Å². The number of aliphatic carboxylic acids is 1. The normalized spacial score (nSPS) is 11.6. The second-order valence-corrected chi connectivity index (χ2v) is 5.66. The summed E-state index contributed by atoms with van der Waals surface area (Å²) in [4.78, 5) is 43.3. The molecule has 0 unspecified atom stereocenters. The zero-order chi connectivity index (χ0) is 21.7. The lowest BCUT2D eigenvalue weighted by Crippen LogP contribution is -2.33. The first-order chi connectivity index (χ1) is 14.0. The van der Waals surface area contributed by atoms with E-state index in [4.69, 9.17) is 29.8 Å². The third-order valence-corrected chi connectivity index (χ3v) is 3.27. The highest BCUT2D eigenvalue weighted by Crippen LogP contribution is 1.94. The quantitative estimate of drug-likeness (QED) is 0.155. The molecule has 0 bridgehead atoms. The van der Waals surface area contributed by atoms with Crippen molar-refractivity contribution in [1.29, 1.82) is 0 Å². The van der Waals surface area contributed by atoms with Crippen LogP contribution < -0.4 is 16.4 Å². The molecule has 167 valence electrons. The minimum atomic E-state index is -1.14. The Balaban J connectivity index is 3.35. The zero-order valence-corrected chi connectivity index (χ0v) is 16.4. The molecule has 0 fully saturated rings. The molecule has 0 heterocycles. The molecule has 0 aromatic heterocycles. The first-order valence-electron chi connectivity index (χ1n) is 9.15. The Kier molecular flexibility index (Phi) is 17.8. The summed E-state index contributed by atoms with van der Waals surface area (Å²) >= 11 is 0. The molecule has 2 amide bonds. The van der Waals surface area contributed by atoms with Crippen LogP contribution in [0, 0.1) is 0 Å². The third kappa shape index (κ3) is 19.0. The van der Waals surface area contributed by atoms with Crippen LogP contribution in [-0.4, -0.2) is 101 Å². The van der Waals surface area contributed by atoms with Gasteiger partial charge in [0.05, 0.1) is 39.6 Å². The van der Waals surface area contributed by atoms with Gasteiger partial charge in [-0.2, -0.15) is 0 Å². The summed E-state index contributed by atoms with van der Waals surface area (Å²) in [7, 11) is 0. The fraction of sp³-hybridized carbons (Fsp3) is 0.765. The Labute approximate surface area is 169 Å². The lowest BCUT2D eigenvalue weighted by atomic mass is 10.1. The van der Waals surface area contributed by atoms with E-state index >= 15 is 0 Å². The van der Waals surface area contributed by atoms with Crippen LogP contribution in [-0.2, 0) is 38.1 Å². The Morgan fingerprint density at radius 2 is 1.41 bits per heavy atom. The summed E-state index contributed by atoms with van der Waals surface area (Å²) < 4.78 is 20.4. The minimum absolute atomic E-state index is 0.0312. The maximum atomic E-state index is 11.5. The average Bonchev–Trinajstić information content (AvgIpc) is 2.69. The second kappa shape index (κ2) is 19.2. The van der Waals surface area contributed by atoms with Gasteiger partial charge in [-0.15, -0.1) is 0 Å². The lowest BCUT2D eigenvalue weighted by Gasteiger charge is -2.09. The molecule has 0 saturated heterocycles. The molecule has 0 saturated carbocycles. The Morgan fingerprint density at radius 1 is 0.862 bits per heavy atom. The number of carboxylic acids is 1. The molecule has 0 aromatic rings. The maximum Gasteiger partial charge on any atom is 0.320 e. The SMILES string of the molecule is N[C@@H](CCC(=O)NCCOCCOCC(=O)NCCOCCOC[C]=O)C(=O)O. The fourth-order valence-electron chi connectivity index (χ4n) is 1.79. The monoisotopic (exact) mass is 420 g/mol. The van der Waals surface area contributed by atoms with Crippen LogP contribution in [0.1, 0.15) is 12.8 Å². The van der Waals surface area contributed by atoms with Crippen molar-refractivity contribution in [2.75, 3.05) is 65.9 Å². The molecule has 0 rings (SSSR count). The van der Waals surface area contributed by atoms with E-state index in [0.29, 0.717) is 19.8 Å². The molecule has 0 aliphatic rings. The molecular weight excluding hydrogens is 390 g/mol. The van der Waals surface area contributed by atoms with Gasteiger partial charge in [-0.3, -0.25) is 19.2 Å². The Bertz CT molecular complexity index is 477. The van der Waals surface area contributed by atoms with Gasteiger partial charge >= 0.3 is 5.97 Å². The molecule has 1 atom stereocenters. The van der Waals surface area contributed by atoms with E-state index in [9.17, 15) is 19.2 Å². The number of hydrogen-bond acceptors (Lipinski definition) is 9. The van der Waals surface area contributed by atoms with E-state index in [2.05, 4.69) is 10.6 Å². The van der Waals surface area contributed by atoms with Gasteiger partial charge in [0.2, 0.25) is 18.1 Å². The molecule has 29 heavy (non-hydrogen) atoms. The van der Waals surface area contributed by atoms with Crippen LogP contribution in [0.4, 0.5) is 0 Å². The molecule has 0 aliphatic carbocycles. The van der Waals surface area contributed by atoms with E-state index in [1.54, 1.807) is 6.29 Å². The zero-order valence-electron chi connectivity index (χ0n) is 16.4. The van der Waals surface area contributed by atoms with Gasteiger partial charge in [-0.25, -0.2) is 0 Å². The number of nitrogens with one attached hydrogen (secondary N) is 2. The molecule has 0 aromatic carbocycles. The predicted molar refractivity (Wildman–Crippen MR) is 99.8 cm³/mol. The number of nitrogens with two attached hydrogens (primary N) is 1. The molecule has 5 N–H and O–H groups in total. The first kappa shape index (κ1) is 26.9. The lowest BCUT2D eigenvalue weighted by molar-refractivity contribution is -0.138. The van der Waals surface area contributed by atoms with Crippen molar-refractivity contribution in [2.24, 2.45) is 5.73 Å². The molecule has 0 spiro atoms. The smallest absolute Gasteiger partial charge is 0.320 e. The summed E-state index contributed by atoms with van der Waals surface area (Å²) in [5.74, 6) is -1.72. The topological polar surface area (TPSA) is 176 Å². The van der Waals surface area contributed by atoms with Crippen molar-refractivity contribution in [2.45, 2.75) is 18.9 Å². The summed E-state index contributed by atoms with van der Waals surface area (Å²) in [5.41, 5.74) is 5.30. The summed E-state index contributed by atoms with van der Waals surface area (Å²) in [5, 5.41) is 13.8. The summed E-state index contributed by atoms with van der Waals surface area (Å²) in [6.45, 7) is 2.08. The second-order valence-electron chi connectivity index (χ2n) is 5.66. The van der Waals surface area contributed by atoms with E-state index in [1.807, 2.05) is 0 Å². The highest BCUT2D eigenvalue weighted by atomic mass is 16.5. The van der Waals surface area contributed by atoms with Crippen LogP contribution in [0.25, 0.3) is 0 Å². The number of rotatable bonds is 20. The van der Waals surface area contributed by atoms with Crippen molar-refractivity contribution in [3.63, 3.8) is 0 Å². The van der Waals surface area contributed by atoms with Crippen LogP contribution in [0.15, 0.2) is 0 Å². The van der Waals surface area contributed by atoms with Crippen molar-refractivity contribution in [3.8, 4) is 0 Å².